The number of carbonyl (C=O) groups is 1. The lowest BCUT2D eigenvalue weighted by Gasteiger charge is -2.36. The fourth-order valence-corrected chi connectivity index (χ4v) is 4.02. The first kappa shape index (κ1) is 23.1. The number of rotatable bonds is 7. The Balaban J connectivity index is 3.09. The molecule has 0 aromatic rings. The van der Waals surface area contributed by atoms with Crippen LogP contribution in [-0.2, 0) is 4.79 Å². The summed E-state index contributed by atoms with van der Waals surface area (Å²) in [4.78, 5) is 15.4. The Morgan fingerprint density at radius 2 is 1.92 bits per heavy atom. The summed E-state index contributed by atoms with van der Waals surface area (Å²) in [5.41, 5.74) is 2.53. The molecule has 150 valence electrons. The standard InChI is InChI=1S/C22H40N2OS/c1-10-16(4)20(26-14-17(5)15(2)3)23-19(22(7,8)9)21(25)24-13-11-12-18(24)6/h14-15,18-19,23H,10-13H2,1-9H3/b17-14+,20-16+/t18?,19-/m1/s1. The van der Waals surface area contributed by atoms with Gasteiger partial charge >= 0.3 is 0 Å². The van der Waals surface area contributed by atoms with Gasteiger partial charge in [-0.2, -0.15) is 0 Å². The molecule has 0 radical (unpaired) electrons. The smallest absolute Gasteiger partial charge is 0.245 e. The average Bonchev–Trinajstić information content (AvgIpc) is 2.98. The summed E-state index contributed by atoms with van der Waals surface area (Å²) in [5.74, 6) is 0.783. The second kappa shape index (κ2) is 9.87. The molecule has 1 unspecified atom stereocenters. The lowest BCUT2D eigenvalue weighted by molar-refractivity contribution is -0.136. The highest BCUT2D eigenvalue weighted by Gasteiger charge is 2.37. The van der Waals surface area contributed by atoms with Gasteiger partial charge in [0.1, 0.15) is 6.04 Å². The van der Waals surface area contributed by atoms with Crippen LogP contribution in [0, 0.1) is 11.3 Å². The van der Waals surface area contributed by atoms with Crippen LogP contribution in [0.15, 0.2) is 21.6 Å². The van der Waals surface area contributed by atoms with Gasteiger partial charge in [-0.25, -0.2) is 0 Å². The van der Waals surface area contributed by atoms with Crippen molar-refractivity contribution in [2.24, 2.45) is 11.3 Å². The van der Waals surface area contributed by atoms with Crippen molar-refractivity contribution in [3.05, 3.63) is 21.6 Å². The van der Waals surface area contributed by atoms with E-state index in [1.54, 1.807) is 11.8 Å². The monoisotopic (exact) mass is 380 g/mol. The third-order valence-corrected chi connectivity index (χ3v) is 6.61. The van der Waals surface area contributed by atoms with E-state index in [0.717, 1.165) is 30.8 Å². The Morgan fingerprint density at radius 3 is 2.35 bits per heavy atom. The van der Waals surface area contributed by atoms with Gasteiger partial charge in [0, 0.05) is 12.6 Å². The van der Waals surface area contributed by atoms with Gasteiger partial charge in [-0.05, 0) is 62.3 Å². The van der Waals surface area contributed by atoms with Gasteiger partial charge in [0.25, 0.3) is 0 Å². The molecule has 0 saturated carbocycles. The minimum Gasteiger partial charge on any atom is -0.368 e. The number of carbonyl (C=O) groups excluding carboxylic acids is 1. The SMILES string of the molecule is CC/C(C)=C(\N[C@H](C(=O)N1CCCC1C)C(C)(C)C)S/C=C(\C)C(C)C. The van der Waals surface area contributed by atoms with Crippen molar-refractivity contribution in [2.45, 2.75) is 93.7 Å². The zero-order chi connectivity index (χ0) is 20.1. The predicted molar refractivity (Wildman–Crippen MR) is 116 cm³/mol. The second-order valence-electron chi connectivity index (χ2n) is 9.06. The molecule has 0 aromatic heterocycles. The van der Waals surface area contributed by atoms with Gasteiger partial charge in [-0.15, -0.1) is 0 Å². The number of nitrogens with zero attached hydrogens (tertiary/aromatic N) is 1. The Hall–Kier alpha value is -0.900. The lowest BCUT2D eigenvalue weighted by Crippen LogP contribution is -2.53. The van der Waals surface area contributed by atoms with Crippen LogP contribution in [0.4, 0.5) is 0 Å². The Bertz CT molecular complexity index is 543. The van der Waals surface area contributed by atoms with E-state index in [1.165, 1.54) is 11.1 Å². The number of hydrogen-bond acceptors (Lipinski definition) is 3. The number of likely N-dealkylation sites (tertiary alicyclic amines) is 1. The quantitative estimate of drug-likeness (QED) is 0.593. The minimum atomic E-state index is -0.209. The van der Waals surface area contributed by atoms with Crippen LogP contribution in [0.3, 0.4) is 0 Å². The van der Waals surface area contributed by atoms with Gasteiger partial charge in [-0.3, -0.25) is 4.79 Å². The average molecular weight is 381 g/mol. The van der Waals surface area contributed by atoms with Crippen LogP contribution in [0.5, 0.6) is 0 Å². The summed E-state index contributed by atoms with van der Waals surface area (Å²) in [6.07, 6.45) is 3.21. The Kier molecular flexibility index (Phi) is 8.78. The highest BCUT2D eigenvalue weighted by Crippen LogP contribution is 2.30. The normalized spacial score (nSPS) is 21.1. The molecule has 1 amide bonds. The van der Waals surface area contributed by atoms with Crippen molar-refractivity contribution in [3.8, 4) is 0 Å². The van der Waals surface area contributed by atoms with E-state index in [4.69, 9.17) is 0 Å². The van der Waals surface area contributed by atoms with E-state index in [2.05, 4.69) is 77.9 Å². The van der Waals surface area contributed by atoms with E-state index < -0.39 is 0 Å². The maximum Gasteiger partial charge on any atom is 0.245 e. The number of thioether (sulfide) groups is 1. The largest absolute Gasteiger partial charge is 0.368 e. The summed E-state index contributed by atoms with van der Waals surface area (Å²) in [6.45, 7) is 20.5. The highest BCUT2D eigenvalue weighted by molar-refractivity contribution is 8.05. The molecular weight excluding hydrogens is 340 g/mol. The molecule has 1 fully saturated rings. The van der Waals surface area contributed by atoms with Crippen LogP contribution in [0.2, 0.25) is 0 Å². The molecule has 1 rings (SSSR count). The van der Waals surface area contributed by atoms with Crippen molar-refractivity contribution < 1.29 is 4.79 Å². The van der Waals surface area contributed by atoms with Crippen LogP contribution >= 0.6 is 11.8 Å². The molecule has 2 atom stereocenters. The van der Waals surface area contributed by atoms with Gasteiger partial charge in [0.15, 0.2) is 0 Å². The summed E-state index contributed by atoms with van der Waals surface area (Å²) in [5, 5.41) is 7.01. The van der Waals surface area contributed by atoms with Gasteiger partial charge in [0.2, 0.25) is 5.91 Å². The van der Waals surface area contributed by atoms with Crippen molar-refractivity contribution in [2.75, 3.05) is 6.54 Å². The fraction of sp³-hybridized carbons (Fsp3) is 0.773. The van der Waals surface area contributed by atoms with Crippen LogP contribution < -0.4 is 5.32 Å². The molecule has 3 nitrogen and oxygen atoms in total. The number of allylic oxidation sites excluding steroid dienone is 2. The number of nitrogens with one attached hydrogen (secondary N) is 1. The molecule has 0 aromatic carbocycles. The summed E-state index contributed by atoms with van der Waals surface area (Å²) in [6, 6.07) is 0.143. The van der Waals surface area contributed by atoms with E-state index >= 15 is 0 Å². The molecule has 1 heterocycles. The van der Waals surface area contributed by atoms with Gasteiger partial charge in [0.05, 0.1) is 5.03 Å². The van der Waals surface area contributed by atoms with E-state index in [1.807, 2.05) is 0 Å². The van der Waals surface area contributed by atoms with Crippen molar-refractivity contribution in [1.82, 2.24) is 10.2 Å². The lowest BCUT2D eigenvalue weighted by atomic mass is 9.85. The van der Waals surface area contributed by atoms with Gasteiger partial charge in [-0.1, -0.05) is 58.9 Å². The highest BCUT2D eigenvalue weighted by atomic mass is 32.2. The minimum absolute atomic E-state index is 0.143. The third kappa shape index (κ3) is 6.37. The molecule has 0 bridgehead atoms. The Labute approximate surface area is 166 Å². The first-order valence-corrected chi connectivity index (χ1v) is 11.0. The van der Waals surface area contributed by atoms with E-state index in [9.17, 15) is 4.79 Å². The maximum atomic E-state index is 13.3. The molecule has 1 aliphatic heterocycles. The molecule has 0 aliphatic carbocycles. The van der Waals surface area contributed by atoms with E-state index in [0.29, 0.717) is 12.0 Å². The summed E-state index contributed by atoms with van der Waals surface area (Å²) < 4.78 is 0. The number of amides is 1. The zero-order valence-corrected chi connectivity index (χ0v) is 19.2. The Morgan fingerprint density at radius 1 is 1.31 bits per heavy atom. The topological polar surface area (TPSA) is 32.3 Å². The van der Waals surface area contributed by atoms with Crippen molar-refractivity contribution in [3.63, 3.8) is 0 Å². The molecule has 1 saturated heterocycles. The van der Waals surface area contributed by atoms with Crippen molar-refractivity contribution >= 4 is 17.7 Å². The molecule has 26 heavy (non-hydrogen) atoms. The van der Waals surface area contributed by atoms with Gasteiger partial charge < -0.3 is 10.2 Å². The third-order valence-electron chi connectivity index (χ3n) is 5.42. The van der Waals surface area contributed by atoms with Crippen LogP contribution in [0.1, 0.15) is 81.6 Å². The molecule has 0 spiro atoms. The summed E-state index contributed by atoms with van der Waals surface area (Å²) in [7, 11) is 0. The maximum absolute atomic E-state index is 13.3. The predicted octanol–water partition coefficient (Wildman–Crippen LogP) is 5.94. The first-order chi connectivity index (χ1) is 12.0. The first-order valence-electron chi connectivity index (χ1n) is 10.1. The molecule has 1 N–H and O–H groups in total. The summed E-state index contributed by atoms with van der Waals surface area (Å²) >= 11 is 1.73. The van der Waals surface area contributed by atoms with Crippen molar-refractivity contribution in [1.29, 1.82) is 0 Å². The molecule has 4 heteroatoms. The number of hydrogen-bond donors (Lipinski definition) is 1. The molecular formula is C22H40N2OS. The van der Waals surface area contributed by atoms with E-state index in [-0.39, 0.29) is 17.4 Å². The second-order valence-corrected chi connectivity index (χ2v) is 9.94. The molecule has 1 aliphatic rings. The van der Waals surface area contributed by atoms with Crippen LogP contribution in [-0.4, -0.2) is 29.4 Å². The zero-order valence-electron chi connectivity index (χ0n) is 18.4. The fourth-order valence-electron chi connectivity index (χ4n) is 2.91. The van der Waals surface area contributed by atoms with Crippen LogP contribution in [0.25, 0.3) is 0 Å².